The second-order valence-corrected chi connectivity index (χ2v) is 8.10. The Morgan fingerprint density at radius 1 is 0.967 bits per heavy atom. The predicted molar refractivity (Wildman–Crippen MR) is 117 cm³/mol. The first-order valence-corrected chi connectivity index (χ1v) is 10.4. The van der Waals surface area contributed by atoms with E-state index in [1.54, 1.807) is 0 Å². The van der Waals surface area contributed by atoms with Gasteiger partial charge in [-0.1, -0.05) is 42.5 Å². The predicted octanol–water partition coefficient (Wildman–Crippen LogP) is 4.48. The Morgan fingerprint density at radius 2 is 1.70 bits per heavy atom. The van der Waals surface area contributed by atoms with E-state index in [4.69, 9.17) is 4.74 Å². The van der Waals surface area contributed by atoms with Crippen LogP contribution in [0.25, 0.3) is 10.8 Å². The van der Waals surface area contributed by atoms with E-state index in [1.807, 2.05) is 53.4 Å². The molecule has 2 atom stereocenters. The van der Waals surface area contributed by atoms with Crippen molar-refractivity contribution < 1.29 is 13.9 Å². The molecule has 0 radical (unpaired) electrons. The molecule has 0 saturated carbocycles. The van der Waals surface area contributed by atoms with E-state index in [-0.39, 0.29) is 30.4 Å². The van der Waals surface area contributed by atoms with Gasteiger partial charge < -0.3 is 9.64 Å². The van der Waals surface area contributed by atoms with Crippen LogP contribution in [0.15, 0.2) is 66.7 Å². The van der Waals surface area contributed by atoms with Crippen LogP contribution in [0.5, 0.6) is 5.75 Å². The minimum absolute atomic E-state index is 0.00365. The maximum absolute atomic E-state index is 13.1. The van der Waals surface area contributed by atoms with Crippen molar-refractivity contribution >= 4 is 16.7 Å². The largest absolute Gasteiger partial charge is 0.484 e. The van der Waals surface area contributed by atoms with E-state index in [0.717, 1.165) is 29.4 Å². The van der Waals surface area contributed by atoms with Gasteiger partial charge in [0.1, 0.15) is 11.6 Å². The van der Waals surface area contributed by atoms with Gasteiger partial charge >= 0.3 is 0 Å². The Morgan fingerprint density at radius 3 is 2.47 bits per heavy atom. The topological polar surface area (TPSA) is 32.8 Å². The van der Waals surface area contributed by atoms with Crippen molar-refractivity contribution in [2.45, 2.75) is 32.5 Å². The van der Waals surface area contributed by atoms with Gasteiger partial charge in [0, 0.05) is 31.7 Å². The number of benzene rings is 3. The Labute approximate surface area is 176 Å². The van der Waals surface area contributed by atoms with Gasteiger partial charge in [0.15, 0.2) is 6.61 Å². The molecule has 30 heavy (non-hydrogen) atoms. The van der Waals surface area contributed by atoms with Crippen LogP contribution in [0.2, 0.25) is 0 Å². The van der Waals surface area contributed by atoms with Gasteiger partial charge in [-0.2, -0.15) is 0 Å². The Bertz CT molecular complexity index is 1020. The van der Waals surface area contributed by atoms with E-state index >= 15 is 0 Å². The van der Waals surface area contributed by atoms with Crippen LogP contribution in [0.3, 0.4) is 0 Å². The Hall–Kier alpha value is -2.92. The lowest BCUT2D eigenvalue weighted by molar-refractivity contribution is -0.139. The van der Waals surface area contributed by atoms with Crippen molar-refractivity contribution in [1.29, 1.82) is 0 Å². The van der Waals surface area contributed by atoms with E-state index in [2.05, 4.69) is 24.8 Å². The quantitative estimate of drug-likeness (QED) is 0.626. The molecule has 3 aromatic carbocycles. The fourth-order valence-electron chi connectivity index (χ4n) is 4.08. The molecular formula is C25H27FN2O2. The van der Waals surface area contributed by atoms with E-state index in [9.17, 15) is 9.18 Å². The van der Waals surface area contributed by atoms with Gasteiger partial charge in [-0.3, -0.25) is 9.69 Å². The highest BCUT2D eigenvalue weighted by Gasteiger charge is 2.32. The number of hydrogen-bond acceptors (Lipinski definition) is 3. The molecule has 1 saturated heterocycles. The summed E-state index contributed by atoms with van der Waals surface area (Å²) in [5.41, 5.74) is 1.08. The number of carbonyl (C=O) groups is 1. The number of ether oxygens (including phenoxy) is 1. The van der Waals surface area contributed by atoms with E-state index < -0.39 is 0 Å². The van der Waals surface area contributed by atoms with Crippen molar-refractivity contribution in [1.82, 2.24) is 9.80 Å². The molecule has 1 amide bonds. The number of nitrogens with zero attached hydrogens (tertiary/aromatic N) is 2. The summed E-state index contributed by atoms with van der Waals surface area (Å²) < 4.78 is 19.0. The monoisotopic (exact) mass is 406 g/mol. The minimum atomic E-state index is -0.220. The first-order chi connectivity index (χ1) is 14.5. The summed E-state index contributed by atoms with van der Waals surface area (Å²) in [6.07, 6.45) is 0. The van der Waals surface area contributed by atoms with Crippen LogP contribution < -0.4 is 4.74 Å². The molecule has 156 valence electrons. The highest BCUT2D eigenvalue weighted by Crippen LogP contribution is 2.22. The van der Waals surface area contributed by atoms with Gasteiger partial charge in [-0.15, -0.1) is 0 Å². The third kappa shape index (κ3) is 4.62. The molecule has 4 nitrogen and oxygen atoms in total. The standard InChI is InChI=1S/C25H27FN2O2/c1-18-15-28(19(2)14-27(18)16-20-7-10-23(26)11-8-20)25(29)17-30-24-12-9-21-5-3-4-6-22(21)13-24/h3-13,18-19H,14-17H2,1-2H3. The summed E-state index contributed by atoms with van der Waals surface area (Å²) in [4.78, 5) is 17.1. The van der Waals surface area contributed by atoms with Crippen LogP contribution in [-0.2, 0) is 11.3 Å². The summed E-state index contributed by atoms with van der Waals surface area (Å²) in [6, 6.07) is 20.9. The van der Waals surface area contributed by atoms with E-state index in [1.165, 1.54) is 12.1 Å². The number of carbonyl (C=O) groups excluding carboxylic acids is 1. The second-order valence-electron chi connectivity index (χ2n) is 8.10. The maximum Gasteiger partial charge on any atom is 0.260 e. The lowest BCUT2D eigenvalue weighted by Crippen LogP contribution is -2.58. The molecule has 2 unspecified atom stereocenters. The number of halogens is 1. The van der Waals surface area contributed by atoms with Gasteiger partial charge in [0.05, 0.1) is 0 Å². The van der Waals surface area contributed by atoms with Crippen molar-refractivity contribution in [3.8, 4) is 5.75 Å². The van der Waals surface area contributed by atoms with Gasteiger partial charge in [0.2, 0.25) is 0 Å². The molecule has 1 heterocycles. The van der Waals surface area contributed by atoms with Gasteiger partial charge in [-0.05, 0) is 54.4 Å². The van der Waals surface area contributed by atoms with Crippen molar-refractivity contribution in [2.24, 2.45) is 0 Å². The maximum atomic E-state index is 13.1. The average Bonchev–Trinajstić information content (AvgIpc) is 2.75. The summed E-state index contributed by atoms with van der Waals surface area (Å²) in [5.74, 6) is 0.489. The number of fused-ring (bicyclic) bond motifs is 1. The normalized spacial score (nSPS) is 19.8. The van der Waals surface area contributed by atoms with Crippen LogP contribution in [-0.4, -0.2) is 47.5 Å². The fraction of sp³-hybridized carbons (Fsp3) is 0.320. The van der Waals surface area contributed by atoms with Crippen molar-refractivity contribution in [3.05, 3.63) is 78.1 Å². The summed E-state index contributed by atoms with van der Waals surface area (Å²) in [5, 5.41) is 2.25. The first kappa shape index (κ1) is 20.4. The number of rotatable bonds is 5. The highest BCUT2D eigenvalue weighted by atomic mass is 19.1. The summed E-state index contributed by atoms with van der Waals surface area (Å²) in [7, 11) is 0. The Balaban J connectivity index is 1.34. The van der Waals surface area contributed by atoms with Crippen molar-refractivity contribution in [2.75, 3.05) is 19.7 Å². The molecular weight excluding hydrogens is 379 g/mol. The molecule has 0 aliphatic carbocycles. The van der Waals surface area contributed by atoms with Crippen molar-refractivity contribution in [3.63, 3.8) is 0 Å². The molecule has 0 N–H and O–H groups in total. The molecule has 5 heteroatoms. The number of hydrogen-bond donors (Lipinski definition) is 0. The minimum Gasteiger partial charge on any atom is -0.484 e. The highest BCUT2D eigenvalue weighted by molar-refractivity contribution is 5.84. The average molecular weight is 407 g/mol. The lowest BCUT2D eigenvalue weighted by Gasteiger charge is -2.44. The van der Waals surface area contributed by atoms with Crippen LogP contribution in [0.4, 0.5) is 4.39 Å². The smallest absolute Gasteiger partial charge is 0.260 e. The first-order valence-electron chi connectivity index (χ1n) is 10.4. The fourth-order valence-corrected chi connectivity index (χ4v) is 4.08. The second kappa shape index (κ2) is 8.84. The Kier molecular flexibility index (Phi) is 6.00. The molecule has 1 fully saturated rings. The zero-order valence-corrected chi connectivity index (χ0v) is 17.4. The molecule has 1 aliphatic rings. The third-order valence-electron chi connectivity index (χ3n) is 5.82. The summed E-state index contributed by atoms with van der Waals surface area (Å²) >= 11 is 0. The molecule has 1 aliphatic heterocycles. The van der Waals surface area contributed by atoms with Gasteiger partial charge in [-0.25, -0.2) is 4.39 Å². The third-order valence-corrected chi connectivity index (χ3v) is 5.82. The van der Waals surface area contributed by atoms with Crippen LogP contribution in [0.1, 0.15) is 19.4 Å². The van der Waals surface area contributed by atoms with Crippen LogP contribution >= 0.6 is 0 Å². The number of piperazine rings is 1. The number of amides is 1. The SMILES string of the molecule is CC1CN(C(=O)COc2ccc3ccccc3c2)C(C)CN1Cc1ccc(F)cc1. The van der Waals surface area contributed by atoms with Gasteiger partial charge in [0.25, 0.3) is 5.91 Å². The zero-order valence-electron chi connectivity index (χ0n) is 17.4. The summed E-state index contributed by atoms with van der Waals surface area (Å²) in [6.45, 7) is 6.41. The van der Waals surface area contributed by atoms with Crippen LogP contribution in [0, 0.1) is 5.82 Å². The molecule has 3 aromatic rings. The molecule has 0 aromatic heterocycles. The lowest BCUT2D eigenvalue weighted by atomic mass is 10.1. The van der Waals surface area contributed by atoms with E-state index in [0.29, 0.717) is 12.3 Å². The molecule has 0 bridgehead atoms. The molecule has 4 rings (SSSR count). The molecule has 0 spiro atoms. The zero-order chi connectivity index (χ0) is 21.1.